The fourth-order valence-electron chi connectivity index (χ4n) is 3.58. The molecule has 0 bridgehead atoms. The van der Waals surface area contributed by atoms with Gasteiger partial charge in [-0.3, -0.25) is 9.59 Å². The number of amides is 2. The highest BCUT2D eigenvalue weighted by Gasteiger charge is 2.28. The van der Waals surface area contributed by atoms with E-state index in [1.165, 1.54) is 23.5 Å². The predicted octanol–water partition coefficient (Wildman–Crippen LogP) is 5.02. The van der Waals surface area contributed by atoms with Crippen LogP contribution in [0.2, 0.25) is 5.02 Å². The minimum Gasteiger partial charge on any atom is -0.342 e. The first-order chi connectivity index (χ1) is 15.0. The third kappa shape index (κ3) is 5.48. The second-order valence-electron chi connectivity index (χ2n) is 7.50. The van der Waals surface area contributed by atoms with E-state index in [4.69, 9.17) is 11.6 Å². The average molecular weight is 458 g/mol. The lowest BCUT2D eigenvalue weighted by Gasteiger charge is -2.32. The molecule has 5 nitrogen and oxygen atoms in total. The molecule has 1 atom stereocenters. The number of thiazole rings is 1. The summed E-state index contributed by atoms with van der Waals surface area (Å²) in [5, 5.41) is 6.11. The van der Waals surface area contributed by atoms with E-state index in [0.29, 0.717) is 29.5 Å². The zero-order chi connectivity index (χ0) is 21.8. The molecular formula is C23H21ClFN3O2S. The molecule has 3 aromatic rings. The predicted molar refractivity (Wildman–Crippen MR) is 121 cm³/mol. The molecule has 0 aliphatic carbocycles. The van der Waals surface area contributed by atoms with Crippen LogP contribution in [0.25, 0.3) is 10.6 Å². The van der Waals surface area contributed by atoms with Crippen LogP contribution in [0.15, 0.2) is 53.9 Å². The molecule has 1 saturated heterocycles. The molecule has 4 rings (SSSR count). The maximum absolute atomic E-state index is 13.1. The molecule has 0 spiro atoms. The normalized spacial score (nSPS) is 16.2. The molecule has 0 saturated carbocycles. The van der Waals surface area contributed by atoms with E-state index in [0.717, 1.165) is 23.4 Å². The molecule has 1 aliphatic heterocycles. The van der Waals surface area contributed by atoms with Gasteiger partial charge >= 0.3 is 0 Å². The van der Waals surface area contributed by atoms with Crippen LogP contribution in [0.3, 0.4) is 0 Å². The summed E-state index contributed by atoms with van der Waals surface area (Å²) in [5.41, 5.74) is 2.19. The average Bonchev–Trinajstić information content (AvgIpc) is 3.24. The van der Waals surface area contributed by atoms with Crippen LogP contribution in [-0.2, 0) is 16.0 Å². The Morgan fingerprint density at radius 2 is 1.90 bits per heavy atom. The maximum atomic E-state index is 13.1. The van der Waals surface area contributed by atoms with Crippen LogP contribution in [-0.4, -0.2) is 34.8 Å². The number of anilines is 1. The summed E-state index contributed by atoms with van der Waals surface area (Å²) in [7, 11) is 0. The summed E-state index contributed by atoms with van der Waals surface area (Å²) in [6.45, 7) is 1.03. The largest absolute Gasteiger partial charge is 0.342 e. The van der Waals surface area contributed by atoms with Gasteiger partial charge in [-0.05, 0) is 61.4 Å². The van der Waals surface area contributed by atoms with E-state index >= 15 is 0 Å². The zero-order valence-corrected chi connectivity index (χ0v) is 18.3. The van der Waals surface area contributed by atoms with Gasteiger partial charge in [0.25, 0.3) is 0 Å². The van der Waals surface area contributed by atoms with Gasteiger partial charge in [0.1, 0.15) is 10.8 Å². The van der Waals surface area contributed by atoms with Crippen molar-refractivity contribution in [2.75, 3.05) is 18.4 Å². The highest BCUT2D eigenvalue weighted by atomic mass is 35.5. The molecule has 1 N–H and O–H groups in total. The summed E-state index contributed by atoms with van der Waals surface area (Å²) in [4.78, 5) is 31.7. The lowest BCUT2D eigenvalue weighted by molar-refractivity contribution is -0.134. The third-order valence-corrected chi connectivity index (χ3v) is 6.42. The van der Waals surface area contributed by atoms with Gasteiger partial charge in [0.15, 0.2) is 0 Å². The van der Waals surface area contributed by atoms with Crippen molar-refractivity contribution >= 4 is 40.4 Å². The van der Waals surface area contributed by atoms with E-state index in [9.17, 15) is 14.0 Å². The zero-order valence-electron chi connectivity index (χ0n) is 16.7. The van der Waals surface area contributed by atoms with Crippen molar-refractivity contribution in [3.8, 4) is 10.6 Å². The van der Waals surface area contributed by atoms with Gasteiger partial charge in [-0.15, -0.1) is 11.3 Å². The van der Waals surface area contributed by atoms with Crippen LogP contribution < -0.4 is 5.32 Å². The SMILES string of the molecule is O=C(Nc1ccc(Cl)cc1)C1CCCN(C(=O)Cc2csc(-c3ccc(F)cc3)n2)C1. The molecule has 1 unspecified atom stereocenters. The minimum absolute atomic E-state index is 0.0417. The topological polar surface area (TPSA) is 62.3 Å². The van der Waals surface area contributed by atoms with E-state index in [2.05, 4.69) is 10.3 Å². The van der Waals surface area contributed by atoms with Crippen molar-refractivity contribution in [2.45, 2.75) is 19.3 Å². The number of nitrogens with one attached hydrogen (secondary N) is 1. The molecule has 1 fully saturated rings. The lowest BCUT2D eigenvalue weighted by Crippen LogP contribution is -2.44. The summed E-state index contributed by atoms with van der Waals surface area (Å²) < 4.78 is 13.1. The van der Waals surface area contributed by atoms with Gasteiger partial charge in [0.05, 0.1) is 18.0 Å². The first-order valence-corrected chi connectivity index (χ1v) is 11.3. The molecule has 1 aromatic heterocycles. The molecule has 2 heterocycles. The number of carbonyl (C=O) groups is 2. The maximum Gasteiger partial charge on any atom is 0.229 e. The Labute approximate surface area is 188 Å². The number of likely N-dealkylation sites (tertiary alicyclic amines) is 1. The summed E-state index contributed by atoms with van der Waals surface area (Å²) in [6.07, 6.45) is 1.71. The van der Waals surface area contributed by atoms with Gasteiger partial charge < -0.3 is 10.2 Å². The van der Waals surface area contributed by atoms with Crippen LogP contribution >= 0.6 is 22.9 Å². The van der Waals surface area contributed by atoms with E-state index in [1.54, 1.807) is 41.3 Å². The number of carbonyl (C=O) groups excluding carboxylic acids is 2. The number of hydrogen-bond donors (Lipinski definition) is 1. The van der Waals surface area contributed by atoms with Gasteiger partial charge in [-0.2, -0.15) is 0 Å². The molecular weight excluding hydrogens is 437 g/mol. The Hall–Kier alpha value is -2.77. The number of hydrogen-bond acceptors (Lipinski definition) is 4. The Kier molecular flexibility index (Phi) is 6.63. The number of aromatic nitrogens is 1. The van der Waals surface area contributed by atoms with Crippen molar-refractivity contribution in [1.82, 2.24) is 9.88 Å². The minimum atomic E-state index is -0.296. The smallest absolute Gasteiger partial charge is 0.229 e. The molecule has 160 valence electrons. The Balaban J connectivity index is 1.35. The van der Waals surface area contributed by atoms with Crippen LogP contribution in [0.5, 0.6) is 0 Å². The second kappa shape index (κ2) is 9.58. The first-order valence-electron chi connectivity index (χ1n) is 10.0. The van der Waals surface area contributed by atoms with Crippen molar-refractivity contribution < 1.29 is 14.0 Å². The highest BCUT2D eigenvalue weighted by Crippen LogP contribution is 2.25. The van der Waals surface area contributed by atoms with Crippen molar-refractivity contribution in [2.24, 2.45) is 5.92 Å². The number of benzene rings is 2. The molecule has 0 radical (unpaired) electrons. The number of piperidine rings is 1. The fourth-order valence-corrected chi connectivity index (χ4v) is 4.53. The monoisotopic (exact) mass is 457 g/mol. The quantitative estimate of drug-likeness (QED) is 0.585. The molecule has 1 aliphatic rings. The van der Waals surface area contributed by atoms with Crippen LogP contribution in [0.1, 0.15) is 18.5 Å². The highest BCUT2D eigenvalue weighted by molar-refractivity contribution is 7.13. The fraction of sp³-hybridized carbons (Fsp3) is 0.261. The van der Waals surface area contributed by atoms with Gasteiger partial charge in [-0.1, -0.05) is 11.6 Å². The van der Waals surface area contributed by atoms with Crippen LogP contribution in [0.4, 0.5) is 10.1 Å². The number of rotatable bonds is 5. The standard InChI is InChI=1S/C23H21ClFN3O2S/c24-17-5-9-19(10-6-17)26-22(30)16-2-1-11-28(13-16)21(29)12-20-14-31-23(27-20)15-3-7-18(25)8-4-15/h3-10,14,16H,1-2,11-13H2,(H,26,30). The summed E-state index contributed by atoms with van der Waals surface area (Å²) >= 11 is 7.31. The molecule has 31 heavy (non-hydrogen) atoms. The first kappa shape index (κ1) is 21.5. The summed E-state index contributed by atoms with van der Waals surface area (Å²) in [5.74, 6) is -0.680. The van der Waals surface area contributed by atoms with Gasteiger partial charge in [0.2, 0.25) is 11.8 Å². The lowest BCUT2D eigenvalue weighted by atomic mass is 9.96. The molecule has 8 heteroatoms. The number of halogens is 2. The van der Waals surface area contributed by atoms with Gasteiger partial charge in [0, 0.05) is 34.7 Å². The van der Waals surface area contributed by atoms with E-state index in [-0.39, 0.29) is 30.0 Å². The summed E-state index contributed by atoms with van der Waals surface area (Å²) in [6, 6.07) is 13.1. The van der Waals surface area contributed by atoms with Crippen molar-refractivity contribution in [3.63, 3.8) is 0 Å². The van der Waals surface area contributed by atoms with Crippen molar-refractivity contribution in [3.05, 3.63) is 70.4 Å². The van der Waals surface area contributed by atoms with Crippen molar-refractivity contribution in [1.29, 1.82) is 0 Å². The molecule has 2 amide bonds. The third-order valence-electron chi connectivity index (χ3n) is 5.23. The van der Waals surface area contributed by atoms with Crippen LogP contribution in [0, 0.1) is 11.7 Å². The Bertz CT molecular complexity index is 1070. The molecule has 2 aromatic carbocycles. The Morgan fingerprint density at radius 3 is 2.65 bits per heavy atom. The second-order valence-corrected chi connectivity index (χ2v) is 8.80. The Morgan fingerprint density at radius 1 is 1.16 bits per heavy atom. The van der Waals surface area contributed by atoms with E-state index in [1.807, 2.05) is 5.38 Å². The van der Waals surface area contributed by atoms with Gasteiger partial charge in [-0.25, -0.2) is 9.37 Å². The van der Waals surface area contributed by atoms with E-state index < -0.39 is 0 Å². The number of nitrogens with zero attached hydrogens (tertiary/aromatic N) is 2.